The molecule has 0 aliphatic carbocycles. The highest BCUT2D eigenvalue weighted by molar-refractivity contribution is 5.52. The third-order valence-electron chi connectivity index (χ3n) is 3.36. The molecule has 0 spiro atoms. The van der Waals surface area contributed by atoms with Crippen LogP contribution in [0.3, 0.4) is 0 Å². The van der Waals surface area contributed by atoms with Gasteiger partial charge in [0.2, 0.25) is 0 Å². The van der Waals surface area contributed by atoms with Crippen LogP contribution in [0.25, 0.3) is 0 Å². The predicted octanol–water partition coefficient (Wildman–Crippen LogP) is 3.31. The summed E-state index contributed by atoms with van der Waals surface area (Å²) in [5.41, 5.74) is 2.14. The summed E-state index contributed by atoms with van der Waals surface area (Å²) >= 11 is 0. The third-order valence-corrected chi connectivity index (χ3v) is 3.36. The summed E-state index contributed by atoms with van der Waals surface area (Å²) in [4.78, 5) is 0. The Labute approximate surface area is 125 Å². The monoisotopic (exact) mass is 288 g/mol. The molecule has 2 aromatic rings. The molecule has 4 nitrogen and oxygen atoms in total. The minimum Gasteiger partial charge on any atom is -0.497 e. The standard InChI is InChI=1S/C17H20O4/c1-18-13-7-5-12(6-8-13)9-15-16(20-3)10-14(19-2)11-17(15)21-4/h5-8,10-11H,9H2,1-4H3. The highest BCUT2D eigenvalue weighted by Gasteiger charge is 2.13. The zero-order valence-electron chi connectivity index (χ0n) is 12.8. The molecule has 0 fully saturated rings. The summed E-state index contributed by atoms with van der Waals surface area (Å²) in [7, 11) is 6.57. The lowest BCUT2D eigenvalue weighted by Gasteiger charge is -2.15. The predicted molar refractivity (Wildman–Crippen MR) is 81.9 cm³/mol. The van der Waals surface area contributed by atoms with Crippen LogP contribution < -0.4 is 18.9 Å². The Balaban J connectivity index is 2.36. The highest BCUT2D eigenvalue weighted by atomic mass is 16.5. The van der Waals surface area contributed by atoms with Crippen molar-refractivity contribution in [3.8, 4) is 23.0 Å². The minimum atomic E-state index is 0.709. The van der Waals surface area contributed by atoms with E-state index in [9.17, 15) is 0 Å². The van der Waals surface area contributed by atoms with Gasteiger partial charge in [0.15, 0.2) is 0 Å². The summed E-state index contributed by atoms with van der Waals surface area (Å²) in [5, 5.41) is 0. The lowest BCUT2D eigenvalue weighted by Crippen LogP contribution is -1.99. The van der Waals surface area contributed by atoms with Crippen molar-refractivity contribution >= 4 is 0 Å². The number of hydrogen-bond acceptors (Lipinski definition) is 4. The second-order valence-electron chi connectivity index (χ2n) is 4.54. The van der Waals surface area contributed by atoms with Crippen molar-refractivity contribution in [3.63, 3.8) is 0 Å². The van der Waals surface area contributed by atoms with Crippen molar-refractivity contribution in [2.24, 2.45) is 0 Å². The summed E-state index contributed by atoms with van der Waals surface area (Å²) in [6.45, 7) is 0. The lowest BCUT2D eigenvalue weighted by atomic mass is 10.0. The highest BCUT2D eigenvalue weighted by Crippen LogP contribution is 2.35. The van der Waals surface area contributed by atoms with Gasteiger partial charge in [-0.3, -0.25) is 0 Å². The molecule has 0 saturated carbocycles. The van der Waals surface area contributed by atoms with Gasteiger partial charge in [-0.15, -0.1) is 0 Å². The van der Waals surface area contributed by atoms with Gasteiger partial charge in [-0.1, -0.05) is 12.1 Å². The maximum absolute atomic E-state index is 5.46. The Morgan fingerprint density at radius 3 is 1.62 bits per heavy atom. The van der Waals surface area contributed by atoms with Crippen LogP contribution in [0.5, 0.6) is 23.0 Å². The van der Waals surface area contributed by atoms with Crippen LogP contribution in [0, 0.1) is 0 Å². The van der Waals surface area contributed by atoms with Gasteiger partial charge in [-0.05, 0) is 17.7 Å². The molecule has 0 heterocycles. The third kappa shape index (κ3) is 3.40. The van der Waals surface area contributed by atoms with E-state index in [1.807, 2.05) is 36.4 Å². The van der Waals surface area contributed by atoms with E-state index in [0.29, 0.717) is 12.2 Å². The summed E-state index contributed by atoms with van der Waals surface area (Å²) in [6, 6.07) is 11.7. The van der Waals surface area contributed by atoms with Gasteiger partial charge in [-0.25, -0.2) is 0 Å². The number of hydrogen-bond donors (Lipinski definition) is 0. The summed E-state index contributed by atoms with van der Waals surface area (Å²) < 4.78 is 21.4. The molecule has 2 aromatic carbocycles. The quantitative estimate of drug-likeness (QED) is 0.817. The van der Waals surface area contributed by atoms with E-state index >= 15 is 0 Å². The smallest absolute Gasteiger partial charge is 0.129 e. The van der Waals surface area contributed by atoms with Crippen LogP contribution in [0.1, 0.15) is 11.1 Å². The Bertz CT molecular complexity index is 565. The Hall–Kier alpha value is -2.36. The van der Waals surface area contributed by atoms with Gasteiger partial charge in [-0.2, -0.15) is 0 Å². The van der Waals surface area contributed by atoms with Crippen molar-refractivity contribution in [1.29, 1.82) is 0 Å². The SMILES string of the molecule is COc1ccc(Cc2c(OC)cc(OC)cc2OC)cc1. The topological polar surface area (TPSA) is 36.9 Å². The fraction of sp³-hybridized carbons (Fsp3) is 0.294. The van der Waals surface area contributed by atoms with Crippen LogP contribution in [0.4, 0.5) is 0 Å². The van der Waals surface area contributed by atoms with E-state index < -0.39 is 0 Å². The van der Waals surface area contributed by atoms with Crippen molar-refractivity contribution in [1.82, 2.24) is 0 Å². The van der Waals surface area contributed by atoms with Gasteiger partial charge in [0.1, 0.15) is 23.0 Å². The van der Waals surface area contributed by atoms with E-state index in [-0.39, 0.29) is 0 Å². The van der Waals surface area contributed by atoms with Crippen molar-refractivity contribution in [3.05, 3.63) is 47.5 Å². The molecule has 21 heavy (non-hydrogen) atoms. The van der Waals surface area contributed by atoms with Crippen molar-refractivity contribution < 1.29 is 18.9 Å². The molecule has 0 unspecified atom stereocenters. The van der Waals surface area contributed by atoms with E-state index in [4.69, 9.17) is 18.9 Å². The minimum absolute atomic E-state index is 0.709. The van der Waals surface area contributed by atoms with Gasteiger partial charge < -0.3 is 18.9 Å². The van der Waals surface area contributed by atoms with Crippen molar-refractivity contribution in [2.75, 3.05) is 28.4 Å². The molecular formula is C17H20O4. The van der Waals surface area contributed by atoms with E-state index in [2.05, 4.69) is 0 Å². The molecule has 2 rings (SSSR count). The van der Waals surface area contributed by atoms with Crippen LogP contribution in [-0.4, -0.2) is 28.4 Å². The van der Waals surface area contributed by atoms with Gasteiger partial charge in [0.05, 0.1) is 28.4 Å². The first-order valence-corrected chi connectivity index (χ1v) is 6.63. The molecule has 0 saturated heterocycles. The second-order valence-corrected chi connectivity index (χ2v) is 4.54. The second kappa shape index (κ2) is 6.88. The lowest BCUT2D eigenvalue weighted by molar-refractivity contribution is 0.370. The average molecular weight is 288 g/mol. The zero-order chi connectivity index (χ0) is 15.2. The summed E-state index contributed by atoms with van der Waals surface area (Å²) in [5.74, 6) is 3.05. The molecule has 112 valence electrons. The first kappa shape index (κ1) is 15.0. The van der Waals surface area contributed by atoms with Crippen LogP contribution in [-0.2, 0) is 6.42 Å². The molecule has 0 aliphatic rings. The Kier molecular flexibility index (Phi) is 4.93. The first-order valence-electron chi connectivity index (χ1n) is 6.63. The van der Waals surface area contributed by atoms with E-state index in [1.54, 1.807) is 28.4 Å². The van der Waals surface area contributed by atoms with Gasteiger partial charge in [0, 0.05) is 24.1 Å². The molecule has 0 radical (unpaired) electrons. The van der Waals surface area contributed by atoms with Gasteiger partial charge in [0.25, 0.3) is 0 Å². The molecular weight excluding hydrogens is 268 g/mol. The number of rotatable bonds is 6. The Morgan fingerprint density at radius 1 is 0.667 bits per heavy atom. The molecule has 0 aliphatic heterocycles. The Morgan fingerprint density at radius 2 is 1.19 bits per heavy atom. The molecule has 4 heteroatoms. The fourth-order valence-corrected chi connectivity index (χ4v) is 2.20. The zero-order valence-corrected chi connectivity index (χ0v) is 12.8. The average Bonchev–Trinajstić information content (AvgIpc) is 2.55. The van der Waals surface area contributed by atoms with Crippen LogP contribution >= 0.6 is 0 Å². The maximum atomic E-state index is 5.46. The molecule has 0 N–H and O–H groups in total. The van der Waals surface area contributed by atoms with Crippen LogP contribution in [0.15, 0.2) is 36.4 Å². The number of methoxy groups -OCH3 is 4. The fourth-order valence-electron chi connectivity index (χ4n) is 2.20. The molecule has 0 amide bonds. The normalized spacial score (nSPS) is 10.1. The van der Waals surface area contributed by atoms with Gasteiger partial charge >= 0.3 is 0 Å². The van der Waals surface area contributed by atoms with E-state index in [1.165, 1.54) is 0 Å². The molecule has 0 atom stereocenters. The van der Waals surface area contributed by atoms with E-state index in [0.717, 1.165) is 28.4 Å². The summed E-state index contributed by atoms with van der Waals surface area (Å²) in [6.07, 6.45) is 0.709. The van der Waals surface area contributed by atoms with Crippen molar-refractivity contribution in [2.45, 2.75) is 6.42 Å². The molecule has 0 bridgehead atoms. The van der Waals surface area contributed by atoms with Crippen LogP contribution in [0.2, 0.25) is 0 Å². The number of benzene rings is 2. The first-order chi connectivity index (χ1) is 10.2. The molecule has 0 aromatic heterocycles. The maximum Gasteiger partial charge on any atom is 0.129 e. The largest absolute Gasteiger partial charge is 0.497 e. The number of ether oxygens (including phenoxy) is 4.